The van der Waals surface area contributed by atoms with Gasteiger partial charge in [0.15, 0.2) is 17.3 Å². The molecule has 102 valence electrons. The predicted octanol–water partition coefficient (Wildman–Crippen LogP) is 1.99. The highest BCUT2D eigenvalue weighted by molar-refractivity contribution is 6.04. The van der Waals surface area contributed by atoms with E-state index < -0.39 is 0 Å². The van der Waals surface area contributed by atoms with Gasteiger partial charge in [0.1, 0.15) is 17.4 Å². The van der Waals surface area contributed by atoms with Gasteiger partial charge in [-0.3, -0.25) is 4.79 Å². The van der Waals surface area contributed by atoms with Gasteiger partial charge in [0, 0.05) is 18.4 Å². The molecule has 0 bridgehead atoms. The molecule has 1 unspecified atom stereocenters. The Morgan fingerprint density at radius 1 is 1.16 bits per heavy atom. The van der Waals surface area contributed by atoms with Crippen molar-refractivity contribution in [3.8, 4) is 23.0 Å². The molecular formula is C14H16O5. The second-order valence-electron chi connectivity index (χ2n) is 4.73. The van der Waals surface area contributed by atoms with Gasteiger partial charge in [-0.15, -0.1) is 0 Å². The van der Waals surface area contributed by atoms with E-state index in [4.69, 9.17) is 18.9 Å². The van der Waals surface area contributed by atoms with Crippen molar-refractivity contribution >= 4 is 5.78 Å². The Morgan fingerprint density at radius 2 is 1.89 bits per heavy atom. The highest BCUT2D eigenvalue weighted by Gasteiger charge is 2.37. The first kappa shape index (κ1) is 12.1. The number of carbonyl (C=O) groups excluding carboxylic acids is 1. The summed E-state index contributed by atoms with van der Waals surface area (Å²) < 4.78 is 22.2. The molecular weight excluding hydrogens is 248 g/mol. The Kier molecular flexibility index (Phi) is 2.77. The molecule has 0 fully saturated rings. The van der Waals surface area contributed by atoms with Crippen LogP contribution >= 0.6 is 0 Å². The number of hydrogen-bond donors (Lipinski definition) is 0. The molecule has 3 rings (SSSR count). The Morgan fingerprint density at radius 3 is 2.58 bits per heavy atom. The van der Waals surface area contributed by atoms with Gasteiger partial charge in [0.25, 0.3) is 0 Å². The maximum atomic E-state index is 12.3. The number of ketones is 1. The van der Waals surface area contributed by atoms with Gasteiger partial charge in [-0.2, -0.15) is 0 Å². The van der Waals surface area contributed by atoms with Crippen molar-refractivity contribution in [1.82, 2.24) is 0 Å². The maximum Gasteiger partial charge on any atom is 0.204 e. The Bertz CT molecular complexity index is 550. The van der Waals surface area contributed by atoms with E-state index in [2.05, 4.69) is 0 Å². The van der Waals surface area contributed by atoms with Crippen LogP contribution in [0.2, 0.25) is 0 Å². The van der Waals surface area contributed by atoms with Crippen molar-refractivity contribution in [3.63, 3.8) is 0 Å². The molecule has 5 nitrogen and oxygen atoms in total. The number of carbonyl (C=O) groups is 1. The molecule has 0 aliphatic carbocycles. The third kappa shape index (κ3) is 1.64. The SMILES string of the molecule is COc1c2c(c(OC)c3c1OC(C)CC3=O)CCO2. The molecule has 1 atom stereocenters. The number of rotatable bonds is 2. The van der Waals surface area contributed by atoms with Gasteiger partial charge in [-0.25, -0.2) is 0 Å². The highest BCUT2D eigenvalue weighted by atomic mass is 16.5. The van der Waals surface area contributed by atoms with Gasteiger partial charge < -0.3 is 18.9 Å². The number of fused-ring (bicyclic) bond motifs is 2. The van der Waals surface area contributed by atoms with Crippen molar-refractivity contribution < 1.29 is 23.7 Å². The molecule has 2 aliphatic rings. The average Bonchev–Trinajstić information content (AvgIpc) is 2.84. The van der Waals surface area contributed by atoms with Gasteiger partial charge in [0.2, 0.25) is 5.75 Å². The largest absolute Gasteiger partial charge is 0.495 e. The summed E-state index contributed by atoms with van der Waals surface area (Å²) in [5.41, 5.74) is 1.38. The van der Waals surface area contributed by atoms with Crippen molar-refractivity contribution in [3.05, 3.63) is 11.1 Å². The first-order valence-corrected chi connectivity index (χ1v) is 6.30. The third-order valence-electron chi connectivity index (χ3n) is 3.49. The summed E-state index contributed by atoms with van der Waals surface area (Å²) in [6.45, 7) is 2.43. The van der Waals surface area contributed by atoms with Crippen LogP contribution < -0.4 is 18.9 Å². The van der Waals surface area contributed by atoms with Crippen LogP contribution in [0.1, 0.15) is 29.3 Å². The number of hydrogen-bond acceptors (Lipinski definition) is 5. The number of ether oxygens (including phenoxy) is 4. The van der Waals surface area contributed by atoms with E-state index in [0.717, 1.165) is 5.56 Å². The minimum atomic E-state index is -0.168. The second kappa shape index (κ2) is 4.33. The fourth-order valence-corrected chi connectivity index (χ4v) is 2.73. The zero-order chi connectivity index (χ0) is 13.6. The van der Waals surface area contributed by atoms with Gasteiger partial charge in [-0.05, 0) is 6.92 Å². The van der Waals surface area contributed by atoms with Crippen molar-refractivity contribution in [1.29, 1.82) is 0 Å². The zero-order valence-electron chi connectivity index (χ0n) is 11.2. The predicted molar refractivity (Wildman–Crippen MR) is 67.8 cm³/mol. The molecule has 0 saturated carbocycles. The van der Waals surface area contributed by atoms with E-state index in [0.29, 0.717) is 48.0 Å². The van der Waals surface area contributed by atoms with Crippen molar-refractivity contribution in [2.75, 3.05) is 20.8 Å². The molecule has 1 aromatic carbocycles. The summed E-state index contributed by atoms with van der Waals surface area (Å²) in [5, 5.41) is 0. The number of Topliss-reactive ketones (excluding diaryl/α,β-unsaturated/α-hetero) is 1. The molecule has 0 radical (unpaired) electrons. The van der Waals surface area contributed by atoms with E-state index in [-0.39, 0.29) is 11.9 Å². The van der Waals surface area contributed by atoms with Crippen LogP contribution in [0, 0.1) is 0 Å². The number of benzene rings is 1. The fourth-order valence-electron chi connectivity index (χ4n) is 2.73. The van der Waals surface area contributed by atoms with Crippen LogP contribution in [-0.2, 0) is 6.42 Å². The molecule has 19 heavy (non-hydrogen) atoms. The highest BCUT2D eigenvalue weighted by Crippen LogP contribution is 2.53. The Labute approximate surface area is 111 Å². The fraction of sp³-hybridized carbons (Fsp3) is 0.500. The maximum absolute atomic E-state index is 12.3. The number of methoxy groups -OCH3 is 2. The average molecular weight is 264 g/mol. The quantitative estimate of drug-likeness (QED) is 0.817. The topological polar surface area (TPSA) is 54.0 Å². The lowest BCUT2D eigenvalue weighted by atomic mass is 9.95. The minimum absolute atomic E-state index is 0.0265. The Hall–Kier alpha value is -1.91. The molecule has 2 heterocycles. The van der Waals surface area contributed by atoms with Crippen LogP contribution in [0.3, 0.4) is 0 Å². The summed E-state index contributed by atoms with van der Waals surface area (Å²) >= 11 is 0. The van der Waals surface area contributed by atoms with Gasteiger partial charge in [0.05, 0.1) is 20.8 Å². The smallest absolute Gasteiger partial charge is 0.204 e. The van der Waals surface area contributed by atoms with Crippen molar-refractivity contribution in [2.45, 2.75) is 25.9 Å². The zero-order valence-corrected chi connectivity index (χ0v) is 11.2. The lowest BCUT2D eigenvalue weighted by Gasteiger charge is -2.27. The van der Waals surface area contributed by atoms with E-state index in [1.807, 2.05) is 6.92 Å². The summed E-state index contributed by atoms with van der Waals surface area (Å²) in [6.07, 6.45) is 0.898. The molecule has 0 amide bonds. The third-order valence-corrected chi connectivity index (χ3v) is 3.49. The van der Waals surface area contributed by atoms with E-state index >= 15 is 0 Å². The lowest BCUT2D eigenvalue weighted by Crippen LogP contribution is -2.25. The molecule has 0 N–H and O–H groups in total. The molecule has 0 spiro atoms. The Balaban J connectivity index is 2.32. The van der Waals surface area contributed by atoms with Crippen LogP contribution in [0.15, 0.2) is 0 Å². The van der Waals surface area contributed by atoms with Gasteiger partial charge >= 0.3 is 0 Å². The summed E-state index contributed by atoms with van der Waals surface area (Å²) in [4.78, 5) is 12.3. The van der Waals surface area contributed by atoms with Crippen LogP contribution in [0.25, 0.3) is 0 Å². The summed E-state index contributed by atoms with van der Waals surface area (Å²) in [6, 6.07) is 0. The second-order valence-corrected chi connectivity index (χ2v) is 4.73. The monoisotopic (exact) mass is 264 g/mol. The van der Waals surface area contributed by atoms with Crippen LogP contribution in [0.5, 0.6) is 23.0 Å². The normalized spacial score (nSPS) is 20.2. The summed E-state index contributed by atoms with van der Waals surface area (Å²) in [5.74, 6) is 2.19. The lowest BCUT2D eigenvalue weighted by molar-refractivity contribution is 0.0858. The van der Waals surface area contributed by atoms with Gasteiger partial charge in [-0.1, -0.05) is 0 Å². The molecule has 1 aromatic rings. The summed E-state index contributed by atoms with van der Waals surface area (Å²) in [7, 11) is 3.11. The standard InChI is InChI=1S/C14H16O5/c1-7-6-9(15)10-11(16-2)8-4-5-18-12(8)14(17-3)13(10)19-7/h7H,4-6H2,1-3H3. The first-order valence-electron chi connectivity index (χ1n) is 6.30. The molecule has 0 saturated heterocycles. The molecule has 5 heteroatoms. The van der Waals surface area contributed by atoms with Crippen molar-refractivity contribution in [2.24, 2.45) is 0 Å². The van der Waals surface area contributed by atoms with Crippen LogP contribution in [0.4, 0.5) is 0 Å². The molecule has 2 aliphatic heterocycles. The molecule has 0 aromatic heterocycles. The van der Waals surface area contributed by atoms with E-state index in [9.17, 15) is 4.79 Å². The first-order chi connectivity index (χ1) is 9.17. The van der Waals surface area contributed by atoms with E-state index in [1.165, 1.54) is 0 Å². The van der Waals surface area contributed by atoms with Crippen LogP contribution in [-0.4, -0.2) is 32.7 Å². The minimum Gasteiger partial charge on any atom is -0.495 e. The van der Waals surface area contributed by atoms with E-state index in [1.54, 1.807) is 14.2 Å².